The summed E-state index contributed by atoms with van der Waals surface area (Å²) in [6, 6.07) is 15.0. The fourth-order valence-corrected chi connectivity index (χ4v) is 4.18. The summed E-state index contributed by atoms with van der Waals surface area (Å²) in [4.78, 5) is 4.69. The molecule has 2 aromatic rings. The van der Waals surface area contributed by atoms with Gasteiger partial charge in [0.1, 0.15) is 6.07 Å². The zero-order chi connectivity index (χ0) is 17.3. The van der Waals surface area contributed by atoms with E-state index >= 15 is 0 Å². The van der Waals surface area contributed by atoms with Crippen LogP contribution in [0.5, 0.6) is 0 Å². The number of halogens is 1. The van der Waals surface area contributed by atoms with Crippen molar-refractivity contribution in [1.29, 1.82) is 5.26 Å². The van der Waals surface area contributed by atoms with Gasteiger partial charge >= 0.3 is 0 Å². The summed E-state index contributed by atoms with van der Waals surface area (Å²) >= 11 is 2.29. The molecule has 1 fully saturated rings. The maximum Gasteiger partial charge on any atom is 0.101 e. The topological polar surface area (TPSA) is 56.3 Å². The summed E-state index contributed by atoms with van der Waals surface area (Å²) in [5.41, 5.74) is 10.7. The Morgan fingerprint density at radius 1 is 1.29 bits per heavy atom. The minimum absolute atomic E-state index is 0.543. The lowest BCUT2D eigenvalue weighted by molar-refractivity contribution is 0.315. The van der Waals surface area contributed by atoms with Crippen molar-refractivity contribution in [3.63, 3.8) is 0 Å². The molecule has 2 aromatic carbocycles. The molecule has 24 heavy (non-hydrogen) atoms. The van der Waals surface area contributed by atoms with Crippen molar-refractivity contribution in [3.8, 4) is 17.2 Å². The molecule has 3 rings (SSSR count). The maximum absolute atomic E-state index is 9.43. The number of hydrogen-bond donors (Lipinski definition) is 1. The van der Waals surface area contributed by atoms with Crippen molar-refractivity contribution in [2.45, 2.75) is 12.5 Å². The van der Waals surface area contributed by atoms with Crippen LogP contribution in [0.2, 0.25) is 0 Å². The number of nitrogens with two attached hydrogens (primary N) is 1. The van der Waals surface area contributed by atoms with E-state index in [2.05, 4.69) is 64.7 Å². The van der Waals surface area contributed by atoms with Gasteiger partial charge < -0.3 is 15.5 Å². The molecule has 5 heteroatoms. The molecular weight excluding hydrogens is 411 g/mol. The fraction of sp³-hybridized carbons (Fsp3) is 0.316. The molecule has 0 saturated carbocycles. The van der Waals surface area contributed by atoms with Crippen LogP contribution in [0.25, 0.3) is 11.1 Å². The number of benzene rings is 2. The second-order valence-corrected chi connectivity index (χ2v) is 7.46. The van der Waals surface area contributed by atoms with Crippen LogP contribution in [-0.2, 0) is 0 Å². The molecule has 1 aliphatic rings. The van der Waals surface area contributed by atoms with E-state index in [9.17, 15) is 5.26 Å². The second kappa shape index (κ2) is 6.99. The van der Waals surface area contributed by atoms with Gasteiger partial charge in [-0.3, -0.25) is 0 Å². The first-order valence-corrected chi connectivity index (χ1v) is 9.09. The Bertz CT molecular complexity index is 780. The van der Waals surface area contributed by atoms with E-state index in [4.69, 9.17) is 5.73 Å². The molecule has 0 aromatic heterocycles. The lowest BCUT2D eigenvalue weighted by Gasteiger charge is -2.26. The van der Waals surface area contributed by atoms with Crippen molar-refractivity contribution in [3.05, 3.63) is 45.5 Å². The van der Waals surface area contributed by atoms with Crippen molar-refractivity contribution in [2.75, 3.05) is 37.8 Å². The van der Waals surface area contributed by atoms with Crippen LogP contribution in [0, 0.1) is 14.9 Å². The highest BCUT2D eigenvalue weighted by Crippen LogP contribution is 2.41. The van der Waals surface area contributed by atoms with Crippen LogP contribution in [-0.4, -0.2) is 38.1 Å². The molecule has 0 radical (unpaired) electrons. The number of nitrogens with zero attached hydrogens (tertiary/aromatic N) is 3. The Hall–Kier alpha value is -1.78. The zero-order valence-corrected chi connectivity index (χ0v) is 16.1. The number of nitrogen functional groups attached to an aromatic ring is 1. The summed E-state index contributed by atoms with van der Waals surface area (Å²) in [7, 11) is 4.26. The van der Waals surface area contributed by atoms with Gasteiger partial charge in [0.2, 0.25) is 0 Å². The number of rotatable bonds is 3. The highest BCUT2D eigenvalue weighted by molar-refractivity contribution is 14.1. The Balaban J connectivity index is 2.14. The van der Waals surface area contributed by atoms with Gasteiger partial charge in [-0.2, -0.15) is 5.26 Å². The summed E-state index contributed by atoms with van der Waals surface area (Å²) in [5, 5.41) is 9.43. The molecule has 2 N–H and O–H groups in total. The number of nitriles is 1. The normalized spacial score (nSPS) is 17.3. The Morgan fingerprint density at radius 2 is 2.00 bits per heavy atom. The van der Waals surface area contributed by atoms with Gasteiger partial charge in [0.25, 0.3) is 0 Å². The quantitative estimate of drug-likeness (QED) is 0.596. The molecule has 0 spiro atoms. The summed E-state index contributed by atoms with van der Waals surface area (Å²) in [6.07, 6.45) is 1.14. The third-order valence-corrected chi connectivity index (χ3v) is 5.79. The molecule has 1 atom stereocenters. The van der Waals surface area contributed by atoms with E-state index in [1.54, 1.807) is 0 Å². The van der Waals surface area contributed by atoms with Crippen molar-refractivity contribution < 1.29 is 0 Å². The minimum Gasteiger partial charge on any atom is -0.397 e. The van der Waals surface area contributed by atoms with E-state index in [-0.39, 0.29) is 0 Å². The van der Waals surface area contributed by atoms with Gasteiger partial charge in [-0.1, -0.05) is 30.3 Å². The monoisotopic (exact) mass is 432 g/mol. The molecule has 1 heterocycles. The first-order chi connectivity index (χ1) is 11.5. The SMILES string of the molecule is CN(C)[C@H]1CCN(c2c(-c3ccccc3)cc(C#N)c(N)c2I)C1. The predicted molar refractivity (Wildman–Crippen MR) is 108 cm³/mol. The van der Waals surface area contributed by atoms with Crippen LogP contribution in [0.4, 0.5) is 11.4 Å². The van der Waals surface area contributed by atoms with Gasteiger partial charge in [0.15, 0.2) is 0 Å². The van der Waals surface area contributed by atoms with E-state index in [1.165, 1.54) is 0 Å². The second-order valence-electron chi connectivity index (χ2n) is 6.38. The lowest BCUT2D eigenvalue weighted by atomic mass is 9.99. The molecule has 0 bridgehead atoms. The summed E-state index contributed by atoms with van der Waals surface area (Å²) in [6.45, 7) is 1.98. The smallest absolute Gasteiger partial charge is 0.101 e. The third-order valence-electron chi connectivity index (χ3n) is 4.69. The number of anilines is 2. The lowest BCUT2D eigenvalue weighted by Crippen LogP contribution is -2.32. The molecule has 0 aliphatic carbocycles. The average Bonchev–Trinajstić information content (AvgIpc) is 3.07. The number of hydrogen-bond acceptors (Lipinski definition) is 4. The average molecular weight is 432 g/mol. The van der Waals surface area contributed by atoms with Crippen LogP contribution in [0.15, 0.2) is 36.4 Å². The van der Waals surface area contributed by atoms with Crippen molar-refractivity contribution in [1.82, 2.24) is 4.90 Å². The Labute approximate surface area is 157 Å². The molecule has 124 valence electrons. The number of likely N-dealkylation sites (N-methyl/N-ethyl adjacent to an activating group) is 1. The van der Waals surface area contributed by atoms with E-state index in [1.807, 2.05) is 24.3 Å². The third kappa shape index (κ3) is 3.08. The van der Waals surface area contributed by atoms with E-state index in [0.29, 0.717) is 17.3 Å². The van der Waals surface area contributed by atoms with Crippen LogP contribution < -0.4 is 10.6 Å². The first kappa shape index (κ1) is 17.1. The van der Waals surface area contributed by atoms with E-state index < -0.39 is 0 Å². The highest BCUT2D eigenvalue weighted by atomic mass is 127. The van der Waals surface area contributed by atoms with Gasteiger partial charge in [0.05, 0.1) is 20.5 Å². The molecule has 0 amide bonds. The van der Waals surface area contributed by atoms with Gasteiger partial charge in [-0.25, -0.2) is 0 Å². The van der Waals surface area contributed by atoms with Crippen molar-refractivity contribution in [2.24, 2.45) is 0 Å². The maximum atomic E-state index is 9.43. The summed E-state index contributed by atoms with van der Waals surface area (Å²) < 4.78 is 0.977. The molecule has 4 nitrogen and oxygen atoms in total. The largest absolute Gasteiger partial charge is 0.397 e. The van der Waals surface area contributed by atoms with Crippen molar-refractivity contribution >= 4 is 34.0 Å². The predicted octanol–water partition coefficient (Wildman–Crippen LogP) is 3.55. The molecular formula is C19H21IN4. The highest BCUT2D eigenvalue weighted by Gasteiger charge is 2.28. The van der Waals surface area contributed by atoms with Crippen LogP contribution >= 0.6 is 22.6 Å². The first-order valence-electron chi connectivity index (χ1n) is 8.01. The molecule has 1 aliphatic heterocycles. The van der Waals surface area contributed by atoms with Gasteiger partial charge in [-0.05, 0) is 54.7 Å². The zero-order valence-electron chi connectivity index (χ0n) is 14.0. The van der Waals surface area contributed by atoms with Crippen LogP contribution in [0.3, 0.4) is 0 Å². The molecule has 1 saturated heterocycles. The Kier molecular flexibility index (Phi) is 4.97. The minimum atomic E-state index is 0.543. The van der Waals surface area contributed by atoms with E-state index in [0.717, 1.165) is 39.9 Å². The standard InChI is InChI=1S/C19H21IN4/c1-23(2)15-8-9-24(12-15)19-16(13-6-4-3-5-7-13)10-14(11-21)18(22)17(19)20/h3-7,10,15H,8-9,12,22H2,1-2H3/t15-/m0/s1. The van der Waals surface area contributed by atoms with Crippen LogP contribution in [0.1, 0.15) is 12.0 Å². The Morgan fingerprint density at radius 3 is 2.58 bits per heavy atom. The summed E-state index contributed by atoms with van der Waals surface area (Å²) in [5.74, 6) is 0. The van der Waals surface area contributed by atoms with Gasteiger partial charge in [-0.15, -0.1) is 0 Å². The fourth-order valence-electron chi connectivity index (χ4n) is 3.26. The molecule has 0 unspecified atom stereocenters. The van der Waals surface area contributed by atoms with Gasteiger partial charge in [0, 0.05) is 24.7 Å².